The van der Waals surface area contributed by atoms with E-state index in [4.69, 9.17) is 4.74 Å². The summed E-state index contributed by atoms with van der Waals surface area (Å²) in [7, 11) is -2.84. The second-order valence-corrected chi connectivity index (χ2v) is 10.0. The molecule has 0 aromatic rings. The third-order valence-corrected chi connectivity index (χ3v) is 6.50. The maximum absolute atomic E-state index is 11.6. The molecule has 2 rings (SSSR count). The molecule has 2 aliphatic rings. The minimum absolute atomic E-state index is 0.152. The Morgan fingerprint density at radius 2 is 2.00 bits per heavy atom. The van der Waals surface area contributed by atoms with Crippen LogP contribution in [0.15, 0.2) is 4.99 Å². The first-order valence-electron chi connectivity index (χ1n) is 9.14. The zero-order valence-electron chi connectivity index (χ0n) is 15.4. The average Bonchev–Trinajstić information content (AvgIpc) is 2.84. The van der Waals surface area contributed by atoms with Crippen LogP contribution in [0, 0.1) is 11.8 Å². The molecule has 0 spiro atoms. The van der Waals surface area contributed by atoms with Crippen LogP contribution in [0.5, 0.6) is 0 Å². The number of ether oxygens (including phenoxy) is 1. The molecule has 2 fully saturated rings. The van der Waals surface area contributed by atoms with Crippen molar-refractivity contribution >= 4 is 15.8 Å². The number of nitrogens with zero attached hydrogens (tertiary/aromatic N) is 1. The van der Waals surface area contributed by atoms with Gasteiger partial charge in [0.2, 0.25) is 0 Å². The Hall–Kier alpha value is -0.820. The van der Waals surface area contributed by atoms with Crippen LogP contribution in [-0.4, -0.2) is 57.2 Å². The van der Waals surface area contributed by atoms with Gasteiger partial charge in [0.05, 0.1) is 17.6 Å². The van der Waals surface area contributed by atoms with Crippen molar-refractivity contribution in [2.45, 2.75) is 65.1 Å². The van der Waals surface area contributed by atoms with Crippen LogP contribution in [0.4, 0.5) is 0 Å². The quantitative estimate of drug-likeness (QED) is 0.575. The zero-order valence-corrected chi connectivity index (χ0v) is 16.2. The summed E-state index contributed by atoms with van der Waals surface area (Å²) in [6.07, 6.45) is 2.97. The van der Waals surface area contributed by atoms with Crippen LogP contribution in [0.1, 0.15) is 47.0 Å². The van der Waals surface area contributed by atoms with Gasteiger partial charge in [-0.3, -0.25) is 4.99 Å². The molecule has 6 nitrogen and oxygen atoms in total. The molecular weight excluding hydrogens is 326 g/mol. The summed E-state index contributed by atoms with van der Waals surface area (Å²) in [5.74, 6) is 2.04. The maximum atomic E-state index is 11.6. The van der Waals surface area contributed by atoms with Gasteiger partial charge in [0.1, 0.15) is 0 Å². The molecule has 0 aromatic carbocycles. The SMILES string of the molecule is CC(C)NC(=NCC1CCS(=O)(=O)C1)NC1CCOC(C(C)C)C1. The highest BCUT2D eigenvalue weighted by molar-refractivity contribution is 7.91. The summed E-state index contributed by atoms with van der Waals surface area (Å²) in [5.41, 5.74) is 0. The fraction of sp³-hybridized carbons (Fsp3) is 0.941. The summed E-state index contributed by atoms with van der Waals surface area (Å²) >= 11 is 0. The third kappa shape index (κ3) is 6.24. The summed E-state index contributed by atoms with van der Waals surface area (Å²) in [5, 5.41) is 6.89. The Morgan fingerprint density at radius 3 is 2.58 bits per heavy atom. The first-order chi connectivity index (χ1) is 11.2. The number of rotatable bonds is 5. The van der Waals surface area contributed by atoms with Crippen molar-refractivity contribution in [2.24, 2.45) is 16.8 Å². The molecule has 0 amide bonds. The van der Waals surface area contributed by atoms with Gasteiger partial charge in [0.25, 0.3) is 0 Å². The number of aliphatic imine (C=N–C) groups is 1. The van der Waals surface area contributed by atoms with Crippen molar-refractivity contribution in [1.29, 1.82) is 0 Å². The Labute approximate surface area is 146 Å². The number of guanidine groups is 1. The standard InChI is InChI=1S/C17H33N3O3S/c1-12(2)16-9-15(5-7-23-16)20-17(19-13(3)4)18-10-14-6-8-24(21,22)11-14/h12-16H,5-11H2,1-4H3,(H2,18,19,20). The molecule has 0 radical (unpaired) electrons. The van der Waals surface area contributed by atoms with Gasteiger partial charge in [-0.1, -0.05) is 13.8 Å². The monoisotopic (exact) mass is 359 g/mol. The fourth-order valence-corrected chi connectivity index (χ4v) is 5.11. The van der Waals surface area contributed by atoms with Gasteiger partial charge in [-0.05, 0) is 44.9 Å². The van der Waals surface area contributed by atoms with Gasteiger partial charge in [0.15, 0.2) is 15.8 Å². The highest BCUT2D eigenvalue weighted by atomic mass is 32.2. The van der Waals surface area contributed by atoms with Crippen molar-refractivity contribution in [1.82, 2.24) is 10.6 Å². The van der Waals surface area contributed by atoms with Crippen LogP contribution in [-0.2, 0) is 14.6 Å². The van der Waals surface area contributed by atoms with Gasteiger partial charge in [-0.15, -0.1) is 0 Å². The Bertz CT molecular complexity index is 531. The van der Waals surface area contributed by atoms with E-state index in [0.29, 0.717) is 24.3 Å². The molecule has 0 aliphatic carbocycles. The third-order valence-electron chi connectivity index (χ3n) is 4.66. The van der Waals surface area contributed by atoms with E-state index >= 15 is 0 Å². The molecule has 140 valence electrons. The van der Waals surface area contributed by atoms with Crippen molar-refractivity contribution < 1.29 is 13.2 Å². The second-order valence-electron chi connectivity index (χ2n) is 7.78. The number of nitrogens with one attached hydrogen (secondary N) is 2. The summed E-state index contributed by atoms with van der Waals surface area (Å²) in [6, 6.07) is 0.632. The van der Waals surface area contributed by atoms with Crippen molar-refractivity contribution in [3.8, 4) is 0 Å². The number of hydrogen-bond acceptors (Lipinski definition) is 4. The van der Waals surface area contributed by atoms with Crippen molar-refractivity contribution in [2.75, 3.05) is 24.7 Å². The molecule has 0 bridgehead atoms. The van der Waals surface area contributed by atoms with Crippen LogP contribution in [0.3, 0.4) is 0 Å². The second kappa shape index (κ2) is 8.52. The fourth-order valence-electron chi connectivity index (χ4n) is 3.26. The topological polar surface area (TPSA) is 79.8 Å². The smallest absolute Gasteiger partial charge is 0.191 e. The van der Waals surface area contributed by atoms with Crippen LogP contribution < -0.4 is 10.6 Å². The molecule has 2 N–H and O–H groups in total. The average molecular weight is 360 g/mol. The van der Waals surface area contributed by atoms with Crippen LogP contribution in [0.2, 0.25) is 0 Å². The molecule has 2 saturated heterocycles. The van der Waals surface area contributed by atoms with Crippen LogP contribution >= 0.6 is 0 Å². The molecule has 2 aliphatic heterocycles. The molecular formula is C17H33N3O3S. The highest BCUT2D eigenvalue weighted by Crippen LogP contribution is 2.21. The van der Waals surface area contributed by atoms with Crippen LogP contribution in [0.25, 0.3) is 0 Å². The number of sulfone groups is 1. The number of hydrogen-bond donors (Lipinski definition) is 2. The Morgan fingerprint density at radius 1 is 1.25 bits per heavy atom. The summed E-state index contributed by atoms with van der Waals surface area (Å²) in [4.78, 5) is 4.66. The Kier molecular flexibility index (Phi) is 6.92. The lowest BCUT2D eigenvalue weighted by atomic mass is 9.95. The highest BCUT2D eigenvalue weighted by Gasteiger charge is 2.28. The summed E-state index contributed by atoms with van der Waals surface area (Å²) in [6.45, 7) is 9.88. The molecule has 2 heterocycles. The first-order valence-corrected chi connectivity index (χ1v) is 11.0. The summed E-state index contributed by atoms with van der Waals surface area (Å²) < 4.78 is 29.0. The van der Waals surface area contributed by atoms with Gasteiger partial charge in [-0.2, -0.15) is 0 Å². The molecule has 0 aromatic heterocycles. The minimum Gasteiger partial charge on any atom is -0.378 e. The van der Waals surface area contributed by atoms with E-state index in [1.54, 1.807) is 0 Å². The van der Waals surface area contributed by atoms with E-state index in [1.165, 1.54) is 0 Å². The largest absolute Gasteiger partial charge is 0.378 e. The Balaban J connectivity index is 1.93. The lowest BCUT2D eigenvalue weighted by molar-refractivity contribution is -0.0217. The van der Waals surface area contributed by atoms with E-state index in [2.05, 4.69) is 43.3 Å². The van der Waals surface area contributed by atoms with E-state index in [9.17, 15) is 8.42 Å². The molecule has 7 heteroatoms. The van der Waals surface area contributed by atoms with E-state index in [-0.39, 0.29) is 23.8 Å². The van der Waals surface area contributed by atoms with Gasteiger partial charge in [-0.25, -0.2) is 8.42 Å². The first kappa shape index (κ1) is 19.5. The lowest BCUT2D eigenvalue weighted by Gasteiger charge is -2.33. The predicted octanol–water partition coefficient (Wildman–Crippen LogP) is 1.57. The molecule has 24 heavy (non-hydrogen) atoms. The molecule has 0 saturated carbocycles. The lowest BCUT2D eigenvalue weighted by Crippen LogP contribution is -2.49. The normalized spacial score (nSPS) is 30.8. The predicted molar refractivity (Wildman–Crippen MR) is 98.1 cm³/mol. The van der Waals surface area contributed by atoms with Gasteiger partial charge < -0.3 is 15.4 Å². The zero-order chi connectivity index (χ0) is 17.7. The van der Waals surface area contributed by atoms with Gasteiger partial charge >= 0.3 is 0 Å². The van der Waals surface area contributed by atoms with Crippen molar-refractivity contribution in [3.63, 3.8) is 0 Å². The minimum atomic E-state index is -2.84. The van der Waals surface area contributed by atoms with E-state index in [0.717, 1.165) is 31.8 Å². The van der Waals surface area contributed by atoms with E-state index < -0.39 is 9.84 Å². The van der Waals surface area contributed by atoms with E-state index in [1.807, 2.05) is 0 Å². The molecule has 3 unspecified atom stereocenters. The maximum Gasteiger partial charge on any atom is 0.191 e. The van der Waals surface area contributed by atoms with Crippen molar-refractivity contribution in [3.05, 3.63) is 0 Å². The van der Waals surface area contributed by atoms with Gasteiger partial charge in [0, 0.05) is 25.2 Å². The molecule has 3 atom stereocenters.